The van der Waals surface area contributed by atoms with Crippen molar-refractivity contribution >= 4 is 34.1 Å². The molecule has 0 N–H and O–H groups in total. The lowest BCUT2D eigenvalue weighted by atomic mass is 10.1. The van der Waals surface area contributed by atoms with Gasteiger partial charge in [-0.25, -0.2) is 4.98 Å². The number of Topliss-reactive ketones (excluding diaryl/α,β-unsaturated/α-hetero) is 1. The number of rotatable bonds is 7. The Kier molecular flexibility index (Phi) is 7.19. The van der Waals surface area contributed by atoms with Crippen molar-refractivity contribution in [1.82, 2.24) is 14.5 Å². The monoisotopic (exact) mass is 492 g/mol. The van der Waals surface area contributed by atoms with Crippen LogP contribution in [-0.2, 0) is 19.1 Å². The molecule has 0 saturated carbocycles. The van der Waals surface area contributed by atoms with Crippen LogP contribution in [0.15, 0.2) is 36.7 Å². The number of ketones is 1. The molecule has 0 bridgehead atoms. The summed E-state index contributed by atoms with van der Waals surface area (Å²) in [7, 11) is 0. The van der Waals surface area contributed by atoms with Crippen molar-refractivity contribution in [1.29, 1.82) is 0 Å². The van der Waals surface area contributed by atoms with E-state index in [4.69, 9.17) is 11.6 Å². The number of carbonyl (C=O) groups is 1. The molecule has 5 nitrogen and oxygen atoms in total. The molecule has 4 rings (SSSR count). The van der Waals surface area contributed by atoms with E-state index in [0.717, 1.165) is 67.8 Å². The number of alkyl halides is 3. The number of hydrogen-bond acceptors (Lipinski definition) is 4. The zero-order valence-electron chi connectivity index (χ0n) is 19.3. The number of benzene rings is 1. The summed E-state index contributed by atoms with van der Waals surface area (Å²) in [5.41, 5.74) is 2.30. The fourth-order valence-electron chi connectivity index (χ4n) is 4.65. The highest BCUT2D eigenvalue weighted by Crippen LogP contribution is 2.34. The molecule has 3 heterocycles. The normalized spacial score (nSPS) is 15.3. The Bertz CT molecular complexity index is 1180. The molecule has 0 amide bonds. The van der Waals surface area contributed by atoms with Gasteiger partial charge in [0.2, 0.25) is 0 Å². The van der Waals surface area contributed by atoms with Gasteiger partial charge in [0.15, 0.2) is 5.78 Å². The van der Waals surface area contributed by atoms with E-state index in [1.807, 2.05) is 23.2 Å². The lowest BCUT2D eigenvalue weighted by Gasteiger charge is -2.35. The fraction of sp³-hybridized carbons (Fsp3) is 0.440. The minimum atomic E-state index is -4.46. The zero-order chi connectivity index (χ0) is 24.5. The number of piperazine rings is 1. The number of anilines is 1. The third-order valence-corrected chi connectivity index (χ3v) is 6.71. The van der Waals surface area contributed by atoms with E-state index >= 15 is 0 Å². The molecule has 1 aliphatic rings. The lowest BCUT2D eigenvalue weighted by molar-refractivity contribution is -0.137. The van der Waals surface area contributed by atoms with Crippen molar-refractivity contribution in [3.63, 3.8) is 0 Å². The average Bonchev–Trinajstić information content (AvgIpc) is 3.18. The summed E-state index contributed by atoms with van der Waals surface area (Å²) in [5.74, 6) is 0.473. The first-order valence-electron chi connectivity index (χ1n) is 11.5. The third kappa shape index (κ3) is 5.08. The van der Waals surface area contributed by atoms with Gasteiger partial charge in [-0.3, -0.25) is 9.69 Å². The van der Waals surface area contributed by atoms with E-state index in [0.29, 0.717) is 18.9 Å². The number of hydrogen-bond donors (Lipinski definition) is 0. The molecule has 0 spiro atoms. The molecular weight excluding hydrogens is 465 g/mol. The number of halogens is 4. The van der Waals surface area contributed by atoms with Gasteiger partial charge in [-0.05, 0) is 37.9 Å². The highest BCUT2D eigenvalue weighted by molar-refractivity contribution is 6.33. The Morgan fingerprint density at radius 1 is 1.15 bits per heavy atom. The number of carbonyl (C=O) groups excluding carboxylic acids is 1. The second kappa shape index (κ2) is 9.96. The molecule has 1 saturated heterocycles. The maximum atomic E-state index is 12.9. The number of fused-ring (bicyclic) bond motifs is 1. The lowest BCUT2D eigenvalue weighted by Crippen LogP contribution is -2.47. The molecule has 3 aromatic rings. The van der Waals surface area contributed by atoms with E-state index in [1.165, 1.54) is 5.56 Å². The van der Waals surface area contributed by atoms with Crippen molar-refractivity contribution in [3.8, 4) is 0 Å². The fourth-order valence-corrected chi connectivity index (χ4v) is 4.93. The van der Waals surface area contributed by atoms with Gasteiger partial charge in [0.1, 0.15) is 5.82 Å². The summed E-state index contributed by atoms with van der Waals surface area (Å²) >= 11 is 6.11. The minimum absolute atomic E-state index is 0.0239. The van der Waals surface area contributed by atoms with Crippen LogP contribution >= 0.6 is 11.6 Å². The predicted octanol–water partition coefficient (Wildman–Crippen LogP) is 5.69. The van der Waals surface area contributed by atoms with Gasteiger partial charge in [0, 0.05) is 56.1 Å². The van der Waals surface area contributed by atoms with Gasteiger partial charge in [0.05, 0.1) is 16.1 Å². The molecule has 1 aromatic carbocycles. The highest BCUT2D eigenvalue weighted by Gasteiger charge is 2.32. The van der Waals surface area contributed by atoms with Gasteiger partial charge in [-0.15, -0.1) is 0 Å². The Morgan fingerprint density at radius 2 is 1.88 bits per heavy atom. The van der Waals surface area contributed by atoms with E-state index in [1.54, 1.807) is 6.92 Å². The summed E-state index contributed by atoms with van der Waals surface area (Å²) in [5, 5.41) is 1.04. The van der Waals surface area contributed by atoms with Crippen LogP contribution in [-0.4, -0.2) is 53.0 Å². The second-order valence-electron chi connectivity index (χ2n) is 8.67. The van der Waals surface area contributed by atoms with Crippen LogP contribution in [0.4, 0.5) is 19.0 Å². The molecule has 182 valence electrons. The second-order valence-corrected chi connectivity index (χ2v) is 9.08. The molecule has 2 aromatic heterocycles. The topological polar surface area (TPSA) is 41.4 Å². The molecule has 0 aliphatic carbocycles. The number of aryl methyl sites for hydroxylation is 2. The maximum Gasteiger partial charge on any atom is 0.417 e. The number of para-hydroxylation sites is 1. The van der Waals surface area contributed by atoms with Crippen molar-refractivity contribution in [3.05, 3.63) is 58.4 Å². The van der Waals surface area contributed by atoms with E-state index in [-0.39, 0.29) is 10.8 Å². The van der Waals surface area contributed by atoms with E-state index in [9.17, 15) is 18.0 Å². The van der Waals surface area contributed by atoms with Crippen LogP contribution in [0, 0.1) is 0 Å². The van der Waals surface area contributed by atoms with Crippen molar-refractivity contribution in [2.24, 2.45) is 0 Å². The minimum Gasteiger partial charge on any atom is -0.353 e. The summed E-state index contributed by atoms with van der Waals surface area (Å²) in [6.07, 6.45) is 0.193. The van der Waals surface area contributed by atoms with Gasteiger partial charge in [0.25, 0.3) is 0 Å². The van der Waals surface area contributed by atoms with E-state index in [2.05, 4.69) is 27.4 Å². The average molecular weight is 493 g/mol. The molecular formula is C25H28ClF3N4O. The van der Waals surface area contributed by atoms with Crippen molar-refractivity contribution in [2.75, 3.05) is 37.6 Å². The smallest absolute Gasteiger partial charge is 0.353 e. The maximum absolute atomic E-state index is 12.9. The Morgan fingerprint density at radius 3 is 2.50 bits per heavy atom. The summed E-state index contributed by atoms with van der Waals surface area (Å²) < 4.78 is 40.8. The predicted molar refractivity (Wildman–Crippen MR) is 129 cm³/mol. The molecule has 0 radical (unpaired) electrons. The van der Waals surface area contributed by atoms with Gasteiger partial charge < -0.3 is 9.47 Å². The van der Waals surface area contributed by atoms with Crippen molar-refractivity contribution in [2.45, 2.75) is 39.4 Å². The third-order valence-electron chi connectivity index (χ3n) is 6.44. The van der Waals surface area contributed by atoms with Gasteiger partial charge in [-0.2, -0.15) is 13.2 Å². The van der Waals surface area contributed by atoms with Crippen molar-refractivity contribution < 1.29 is 18.0 Å². The quantitative estimate of drug-likeness (QED) is 0.397. The standard InChI is InChI=1S/C25H28ClF3N4O/c1-3-18-6-4-7-20-21(17(2)34)16-33(23(18)20)9-5-8-31-10-12-32(13-11-31)24-22(26)14-19(15-30-24)25(27,28)29/h4,6-7,14-16H,3,5,8-13H2,1-2H3. The van der Waals surface area contributed by atoms with E-state index < -0.39 is 11.7 Å². The van der Waals surface area contributed by atoms with Crippen LogP contribution in [0.5, 0.6) is 0 Å². The number of nitrogens with zero attached hydrogens (tertiary/aromatic N) is 4. The Hall–Kier alpha value is -2.58. The summed E-state index contributed by atoms with van der Waals surface area (Å²) in [4.78, 5) is 20.4. The highest BCUT2D eigenvalue weighted by atomic mass is 35.5. The van der Waals surface area contributed by atoms with Crippen LogP contribution in [0.3, 0.4) is 0 Å². The van der Waals surface area contributed by atoms with Gasteiger partial charge >= 0.3 is 6.18 Å². The first kappa shape index (κ1) is 24.5. The molecule has 0 atom stereocenters. The number of aromatic nitrogens is 2. The molecule has 9 heteroatoms. The Balaban J connectivity index is 1.36. The first-order chi connectivity index (χ1) is 16.2. The van der Waals surface area contributed by atoms with Gasteiger partial charge in [-0.1, -0.05) is 36.7 Å². The molecule has 34 heavy (non-hydrogen) atoms. The number of pyridine rings is 1. The largest absolute Gasteiger partial charge is 0.417 e. The molecule has 0 unspecified atom stereocenters. The van der Waals surface area contributed by atoms with Crippen LogP contribution in [0.25, 0.3) is 10.9 Å². The van der Waals surface area contributed by atoms with Crippen LogP contribution in [0.1, 0.15) is 41.8 Å². The Labute approximate surface area is 202 Å². The zero-order valence-corrected chi connectivity index (χ0v) is 20.1. The molecule has 1 aliphatic heterocycles. The SMILES string of the molecule is CCc1cccc2c(C(C)=O)cn(CCCN3CCN(c4ncc(C(F)(F)F)cc4Cl)CC3)c12. The summed E-state index contributed by atoms with van der Waals surface area (Å²) in [6, 6.07) is 7.08. The first-order valence-corrected chi connectivity index (χ1v) is 11.9. The van der Waals surface area contributed by atoms with Crippen LogP contribution < -0.4 is 4.90 Å². The van der Waals surface area contributed by atoms with Crippen LogP contribution in [0.2, 0.25) is 5.02 Å². The molecule has 1 fully saturated rings. The summed E-state index contributed by atoms with van der Waals surface area (Å²) in [6.45, 7) is 8.30.